The maximum Gasteiger partial charge on any atom is 0.387 e. The second-order valence-electron chi connectivity index (χ2n) is 9.52. The summed E-state index contributed by atoms with van der Waals surface area (Å²) >= 11 is 0. The Kier molecular flexibility index (Phi) is 8.24. The van der Waals surface area contributed by atoms with Gasteiger partial charge in [0.2, 0.25) is 5.82 Å². The molecule has 0 bridgehead atoms. The monoisotopic (exact) mass is 586 g/mol. The molecule has 1 fully saturated rings. The highest BCUT2D eigenvalue weighted by atomic mass is 19.3. The van der Waals surface area contributed by atoms with Crippen LogP contribution >= 0.6 is 0 Å². The highest BCUT2D eigenvalue weighted by molar-refractivity contribution is 5.98. The van der Waals surface area contributed by atoms with Crippen LogP contribution in [0.3, 0.4) is 0 Å². The molecule has 0 atom stereocenters. The largest absolute Gasteiger partial charge is 0.432 e. The van der Waals surface area contributed by atoms with Crippen molar-refractivity contribution < 1.29 is 36.6 Å². The van der Waals surface area contributed by atoms with E-state index in [1.165, 1.54) is 23.0 Å². The molecule has 0 saturated carbocycles. The van der Waals surface area contributed by atoms with Gasteiger partial charge < -0.3 is 25.4 Å². The first-order valence-electron chi connectivity index (χ1n) is 13.1. The van der Waals surface area contributed by atoms with E-state index in [1.54, 1.807) is 17.0 Å². The molecule has 5 rings (SSSR count). The van der Waals surface area contributed by atoms with Crippen LogP contribution in [0, 0.1) is 11.6 Å². The number of hydrogen-bond donors (Lipinski definition) is 2. The number of halogens is 4. The van der Waals surface area contributed by atoms with Crippen molar-refractivity contribution in [2.45, 2.75) is 38.8 Å². The summed E-state index contributed by atoms with van der Waals surface area (Å²) in [6.45, 7) is -0.197. The van der Waals surface area contributed by atoms with Gasteiger partial charge in [-0.3, -0.25) is 14.0 Å². The molecule has 2 aromatic carbocycles. The Morgan fingerprint density at radius 3 is 2.62 bits per heavy atom. The molecule has 220 valence electrons. The van der Waals surface area contributed by atoms with Gasteiger partial charge in [0.1, 0.15) is 0 Å². The first-order chi connectivity index (χ1) is 20.2. The second kappa shape index (κ2) is 12.0. The van der Waals surface area contributed by atoms with E-state index in [1.807, 2.05) is 6.92 Å². The molecule has 1 amide bonds. The summed E-state index contributed by atoms with van der Waals surface area (Å²) in [5.74, 6) is -3.79. The Morgan fingerprint density at radius 2 is 1.93 bits per heavy atom. The number of nitrogens with two attached hydrogens (primary N) is 1. The van der Waals surface area contributed by atoms with Gasteiger partial charge in [0, 0.05) is 48.2 Å². The molecule has 3 heterocycles. The predicted molar refractivity (Wildman–Crippen MR) is 144 cm³/mol. The summed E-state index contributed by atoms with van der Waals surface area (Å²) in [7, 11) is 0. The van der Waals surface area contributed by atoms with Crippen molar-refractivity contribution >= 4 is 29.5 Å². The van der Waals surface area contributed by atoms with E-state index >= 15 is 0 Å². The van der Waals surface area contributed by atoms with Crippen LogP contribution in [0.25, 0.3) is 16.9 Å². The van der Waals surface area contributed by atoms with E-state index in [9.17, 15) is 27.2 Å². The molecule has 0 radical (unpaired) electrons. The van der Waals surface area contributed by atoms with Gasteiger partial charge in [0.25, 0.3) is 12.4 Å². The lowest BCUT2D eigenvalue weighted by molar-refractivity contribution is -0.120. The summed E-state index contributed by atoms with van der Waals surface area (Å²) in [4.78, 5) is 35.1. The maximum absolute atomic E-state index is 14.9. The van der Waals surface area contributed by atoms with Crippen LogP contribution in [0.4, 0.5) is 29.1 Å². The molecular formula is C28H26F4N6O4. The van der Waals surface area contributed by atoms with E-state index in [2.05, 4.69) is 20.0 Å². The normalized spacial score (nSPS) is 13.9. The van der Waals surface area contributed by atoms with Crippen LogP contribution in [-0.2, 0) is 11.2 Å². The van der Waals surface area contributed by atoms with E-state index in [-0.39, 0.29) is 46.9 Å². The van der Waals surface area contributed by atoms with Crippen molar-refractivity contribution in [1.29, 1.82) is 0 Å². The van der Waals surface area contributed by atoms with Crippen LogP contribution in [0.15, 0.2) is 42.9 Å². The van der Waals surface area contributed by atoms with Gasteiger partial charge in [-0.1, -0.05) is 6.92 Å². The number of likely N-dealkylation sites (tertiary alicyclic amines) is 1. The number of amides is 1. The van der Waals surface area contributed by atoms with Crippen LogP contribution in [0.1, 0.15) is 35.7 Å². The summed E-state index contributed by atoms with van der Waals surface area (Å²) < 4.78 is 65.1. The van der Waals surface area contributed by atoms with E-state index in [0.29, 0.717) is 49.2 Å². The van der Waals surface area contributed by atoms with Crippen molar-refractivity contribution in [2.24, 2.45) is 5.73 Å². The van der Waals surface area contributed by atoms with E-state index < -0.39 is 24.0 Å². The summed E-state index contributed by atoms with van der Waals surface area (Å²) in [6, 6.07) is 5.26. The van der Waals surface area contributed by atoms with Crippen LogP contribution in [0.5, 0.6) is 11.5 Å². The van der Waals surface area contributed by atoms with E-state index in [0.717, 1.165) is 12.1 Å². The fraction of sp³-hybridized carbons (Fsp3) is 0.286. The van der Waals surface area contributed by atoms with Gasteiger partial charge in [-0.2, -0.15) is 13.2 Å². The Balaban J connectivity index is 1.51. The number of carbonyl (C=O) groups is 2. The minimum absolute atomic E-state index is 0.0491. The Hall–Kier alpha value is -4.72. The average Bonchev–Trinajstić information content (AvgIpc) is 3.41. The third-order valence-electron chi connectivity index (χ3n) is 7.06. The lowest BCUT2D eigenvalue weighted by Crippen LogP contribution is -2.43. The molecule has 10 nitrogen and oxygen atoms in total. The fourth-order valence-electron chi connectivity index (χ4n) is 4.98. The van der Waals surface area contributed by atoms with Gasteiger partial charge in [0.15, 0.2) is 28.8 Å². The van der Waals surface area contributed by atoms with Crippen molar-refractivity contribution in [1.82, 2.24) is 19.3 Å². The molecule has 14 heteroatoms. The smallest absolute Gasteiger partial charge is 0.387 e. The van der Waals surface area contributed by atoms with Crippen molar-refractivity contribution in [3.63, 3.8) is 0 Å². The number of benzene rings is 2. The number of carbonyl (C=O) groups excluding carboxylic acids is 2. The third kappa shape index (κ3) is 5.44. The number of nitrogens with zero attached hydrogens (tertiary/aromatic N) is 4. The number of fused-ring (bicyclic) bond motifs is 1. The van der Waals surface area contributed by atoms with Gasteiger partial charge in [-0.25, -0.2) is 14.4 Å². The molecule has 42 heavy (non-hydrogen) atoms. The van der Waals surface area contributed by atoms with Gasteiger partial charge >= 0.3 is 6.61 Å². The maximum atomic E-state index is 14.9. The summed E-state index contributed by atoms with van der Waals surface area (Å²) in [5.41, 5.74) is 7.23. The molecule has 0 spiro atoms. The number of imidazole rings is 1. The van der Waals surface area contributed by atoms with Gasteiger partial charge in [-0.15, -0.1) is 0 Å². The van der Waals surface area contributed by atoms with Gasteiger partial charge in [0.05, 0.1) is 17.6 Å². The second-order valence-corrected chi connectivity index (χ2v) is 9.52. The number of ether oxygens (including phenoxy) is 2. The van der Waals surface area contributed by atoms with Crippen molar-refractivity contribution in [3.8, 4) is 22.8 Å². The molecule has 0 unspecified atom stereocenters. The quantitative estimate of drug-likeness (QED) is 0.214. The predicted octanol–water partition coefficient (Wildman–Crippen LogP) is 4.68. The topological polar surface area (TPSA) is 124 Å². The minimum atomic E-state index is -3.32. The molecular weight excluding hydrogens is 560 g/mol. The molecule has 3 N–H and O–H groups in total. The molecule has 4 aromatic rings. The van der Waals surface area contributed by atoms with Crippen LogP contribution in [-0.4, -0.2) is 57.4 Å². The third-order valence-corrected chi connectivity index (χ3v) is 7.06. The number of anilines is 2. The number of piperidine rings is 1. The average molecular weight is 587 g/mol. The van der Waals surface area contributed by atoms with Crippen LogP contribution < -0.4 is 20.5 Å². The fourth-order valence-corrected chi connectivity index (χ4v) is 4.98. The number of alkyl halides is 2. The zero-order valence-corrected chi connectivity index (χ0v) is 22.3. The van der Waals surface area contributed by atoms with Gasteiger partial charge in [-0.05, 0) is 43.5 Å². The summed E-state index contributed by atoms with van der Waals surface area (Å²) in [6.07, 6.45) is 5.85. The molecule has 1 aliphatic heterocycles. The standard InChI is InChI=1S/C28H26F4N6O4/c1-2-16-17(27(40)37-10-7-15(33)8-11-37)3-5-19(24(16)41-14-39)36-25-26-35-13-20(38(26)12-9-34-25)18-4-6-21(42-28(31)32)23(30)22(18)29/h3-6,9,12-15,28H,2,7-8,10-11,33H2,1H3,(H,34,36). The Bertz CT molecular complexity index is 1640. The molecule has 1 saturated heterocycles. The number of aromatic nitrogens is 3. The van der Waals surface area contributed by atoms with E-state index in [4.69, 9.17) is 10.5 Å². The molecule has 2 aromatic heterocycles. The van der Waals surface area contributed by atoms with Crippen molar-refractivity contribution in [3.05, 3.63) is 65.6 Å². The lowest BCUT2D eigenvalue weighted by Gasteiger charge is -2.31. The lowest BCUT2D eigenvalue weighted by atomic mass is 9.99. The first kappa shape index (κ1) is 28.8. The number of hydrogen-bond acceptors (Lipinski definition) is 8. The number of nitrogens with one attached hydrogen (secondary N) is 1. The minimum Gasteiger partial charge on any atom is -0.432 e. The zero-order chi connectivity index (χ0) is 30.0. The Labute approximate surface area is 237 Å². The van der Waals surface area contributed by atoms with Crippen LogP contribution in [0.2, 0.25) is 0 Å². The first-order valence-corrected chi connectivity index (χ1v) is 13.1. The van der Waals surface area contributed by atoms with Crippen molar-refractivity contribution in [2.75, 3.05) is 18.4 Å². The SMILES string of the molecule is CCc1c(C(=O)N2CCC(N)CC2)ccc(Nc2nccn3c(-c4ccc(OC(F)F)c(F)c4F)cnc23)c1OC=O. The highest BCUT2D eigenvalue weighted by Gasteiger charge is 2.27. The highest BCUT2D eigenvalue weighted by Crippen LogP contribution is 2.37. The summed E-state index contributed by atoms with van der Waals surface area (Å²) in [5, 5.41) is 3.06. The number of rotatable bonds is 9. The Morgan fingerprint density at radius 1 is 1.17 bits per heavy atom. The zero-order valence-electron chi connectivity index (χ0n) is 22.3. The molecule has 1 aliphatic rings. The molecule has 0 aliphatic carbocycles.